The van der Waals surface area contributed by atoms with Gasteiger partial charge in [-0.05, 0) is 25.1 Å². The number of hydrogen-bond donors (Lipinski definition) is 1. The second-order valence-corrected chi connectivity index (χ2v) is 4.24. The van der Waals surface area contributed by atoms with E-state index in [0.29, 0.717) is 16.3 Å². The van der Waals surface area contributed by atoms with Crippen molar-refractivity contribution >= 4 is 23.2 Å². The number of azo groups is 1. The molecule has 0 aliphatic carbocycles. The SMILES string of the molecule is CC1=C2C(=O)Nc3ccc(Cl)cc3C2N=N1. The molecule has 2 aliphatic heterocycles. The van der Waals surface area contributed by atoms with Crippen LogP contribution in [0.25, 0.3) is 0 Å². The predicted octanol–water partition coefficient (Wildman–Crippen LogP) is 3.07. The van der Waals surface area contributed by atoms with E-state index in [1.165, 1.54) is 0 Å². The van der Waals surface area contributed by atoms with Crippen LogP contribution < -0.4 is 5.32 Å². The number of nitrogens with one attached hydrogen (secondary N) is 1. The maximum atomic E-state index is 11.8. The van der Waals surface area contributed by atoms with Crippen LogP contribution in [0.5, 0.6) is 0 Å². The zero-order valence-electron chi connectivity index (χ0n) is 8.49. The highest BCUT2D eigenvalue weighted by Crippen LogP contribution is 2.42. The molecule has 0 radical (unpaired) electrons. The van der Waals surface area contributed by atoms with Gasteiger partial charge < -0.3 is 5.32 Å². The fraction of sp³-hybridized carbons (Fsp3) is 0.182. The van der Waals surface area contributed by atoms with Gasteiger partial charge in [-0.3, -0.25) is 4.79 Å². The van der Waals surface area contributed by atoms with Gasteiger partial charge in [0.25, 0.3) is 5.91 Å². The highest BCUT2D eigenvalue weighted by Gasteiger charge is 2.35. The average molecular weight is 234 g/mol. The molecule has 1 unspecified atom stereocenters. The Bertz CT molecular complexity index is 562. The van der Waals surface area contributed by atoms with Crippen LogP contribution in [0.1, 0.15) is 18.5 Å². The molecule has 1 atom stereocenters. The molecule has 1 aromatic rings. The van der Waals surface area contributed by atoms with E-state index in [2.05, 4.69) is 15.5 Å². The van der Waals surface area contributed by atoms with E-state index in [-0.39, 0.29) is 11.9 Å². The summed E-state index contributed by atoms with van der Waals surface area (Å²) in [4.78, 5) is 11.8. The zero-order valence-corrected chi connectivity index (χ0v) is 9.25. The lowest BCUT2D eigenvalue weighted by molar-refractivity contribution is -0.113. The molecule has 4 nitrogen and oxygen atoms in total. The molecule has 0 saturated heterocycles. The Hall–Kier alpha value is -1.68. The number of halogens is 1. The fourth-order valence-electron chi connectivity index (χ4n) is 2.02. The number of allylic oxidation sites excluding steroid dienone is 1. The highest BCUT2D eigenvalue weighted by atomic mass is 35.5. The molecule has 3 rings (SSSR count). The van der Waals surface area contributed by atoms with Crippen molar-refractivity contribution in [3.05, 3.63) is 40.1 Å². The van der Waals surface area contributed by atoms with E-state index < -0.39 is 0 Å². The van der Waals surface area contributed by atoms with E-state index in [0.717, 1.165) is 11.3 Å². The summed E-state index contributed by atoms with van der Waals surface area (Å²) < 4.78 is 0. The van der Waals surface area contributed by atoms with E-state index in [1.807, 2.05) is 6.07 Å². The first kappa shape index (κ1) is 9.54. The minimum Gasteiger partial charge on any atom is -0.322 e. The van der Waals surface area contributed by atoms with Crippen molar-refractivity contribution in [2.45, 2.75) is 13.0 Å². The molecule has 16 heavy (non-hydrogen) atoms. The normalized spacial score (nSPS) is 21.9. The van der Waals surface area contributed by atoms with Crippen LogP contribution in [0, 0.1) is 0 Å². The number of benzene rings is 1. The molecule has 0 saturated carbocycles. The van der Waals surface area contributed by atoms with Crippen LogP contribution in [-0.2, 0) is 4.79 Å². The van der Waals surface area contributed by atoms with E-state index in [9.17, 15) is 4.79 Å². The molecule has 0 spiro atoms. The minimum absolute atomic E-state index is 0.123. The first-order valence-corrected chi connectivity index (χ1v) is 5.27. The van der Waals surface area contributed by atoms with E-state index >= 15 is 0 Å². The van der Waals surface area contributed by atoms with Gasteiger partial charge in [0.15, 0.2) is 0 Å². The Labute approximate surface area is 97.0 Å². The molecule has 1 aromatic carbocycles. The van der Waals surface area contributed by atoms with Crippen molar-refractivity contribution in [2.75, 3.05) is 5.32 Å². The topological polar surface area (TPSA) is 53.8 Å². The van der Waals surface area contributed by atoms with Crippen molar-refractivity contribution in [3.63, 3.8) is 0 Å². The number of carbonyl (C=O) groups excluding carboxylic acids is 1. The van der Waals surface area contributed by atoms with Gasteiger partial charge in [-0.25, -0.2) is 0 Å². The summed E-state index contributed by atoms with van der Waals surface area (Å²) in [7, 11) is 0. The number of rotatable bonds is 0. The quantitative estimate of drug-likeness (QED) is 0.736. The maximum absolute atomic E-state index is 11.8. The number of fused-ring (bicyclic) bond motifs is 3. The summed E-state index contributed by atoms with van der Waals surface area (Å²) in [5, 5.41) is 11.5. The Morgan fingerprint density at radius 2 is 2.25 bits per heavy atom. The number of anilines is 1. The van der Waals surface area contributed by atoms with Gasteiger partial charge in [-0.15, -0.1) is 0 Å². The third-order valence-corrected chi connectivity index (χ3v) is 3.02. The van der Waals surface area contributed by atoms with Crippen molar-refractivity contribution in [2.24, 2.45) is 10.2 Å². The molecule has 1 amide bonds. The molecule has 0 bridgehead atoms. The zero-order chi connectivity index (χ0) is 11.3. The standard InChI is InChI=1S/C11H8ClN3O/c1-5-9-10(15-14-5)7-4-6(12)2-3-8(7)13-11(9)16/h2-4,10H,1H3,(H,13,16). The molecule has 0 aromatic heterocycles. The lowest BCUT2D eigenvalue weighted by Gasteiger charge is -2.22. The van der Waals surface area contributed by atoms with Crippen LogP contribution in [0.4, 0.5) is 5.69 Å². The second kappa shape index (κ2) is 3.15. The van der Waals surface area contributed by atoms with Gasteiger partial charge in [0.1, 0.15) is 6.04 Å². The number of nitrogens with zero attached hydrogens (tertiary/aromatic N) is 2. The summed E-state index contributed by atoms with van der Waals surface area (Å²) in [5.74, 6) is -0.123. The van der Waals surface area contributed by atoms with Crippen LogP contribution in [-0.4, -0.2) is 5.91 Å². The van der Waals surface area contributed by atoms with E-state index in [1.54, 1.807) is 19.1 Å². The summed E-state index contributed by atoms with van der Waals surface area (Å²) in [5.41, 5.74) is 2.96. The van der Waals surface area contributed by atoms with Crippen LogP contribution >= 0.6 is 11.6 Å². The lowest BCUT2D eigenvalue weighted by Crippen LogP contribution is -2.24. The molecule has 0 fully saturated rings. The van der Waals surface area contributed by atoms with Crippen LogP contribution in [0.2, 0.25) is 5.02 Å². The Morgan fingerprint density at radius 1 is 1.44 bits per heavy atom. The Balaban J connectivity index is 2.23. The second-order valence-electron chi connectivity index (χ2n) is 3.80. The first-order chi connectivity index (χ1) is 7.66. The maximum Gasteiger partial charge on any atom is 0.256 e. The van der Waals surface area contributed by atoms with Crippen molar-refractivity contribution in [3.8, 4) is 0 Å². The smallest absolute Gasteiger partial charge is 0.256 e. The third kappa shape index (κ3) is 1.20. The van der Waals surface area contributed by atoms with Gasteiger partial charge in [0.2, 0.25) is 0 Å². The highest BCUT2D eigenvalue weighted by molar-refractivity contribution is 6.30. The largest absolute Gasteiger partial charge is 0.322 e. The summed E-state index contributed by atoms with van der Waals surface area (Å²) >= 11 is 5.94. The Kier molecular flexibility index (Phi) is 1.88. The Morgan fingerprint density at radius 3 is 3.06 bits per heavy atom. The lowest BCUT2D eigenvalue weighted by atomic mass is 9.93. The van der Waals surface area contributed by atoms with Crippen molar-refractivity contribution < 1.29 is 4.79 Å². The summed E-state index contributed by atoms with van der Waals surface area (Å²) in [6, 6.07) is 5.06. The number of amides is 1. The molecule has 2 aliphatic rings. The van der Waals surface area contributed by atoms with Crippen LogP contribution in [0.15, 0.2) is 39.7 Å². The van der Waals surface area contributed by atoms with Gasteiger partial charge >= 0.3 is 0 Å². The van der Waals surface area contributed by atoms with Gasteiger partial charge in [0, 0.05) is 16.3 Å². The van der Waals surface area contributed by atoms with Gasteiger partial charge in [-0.1, -0.05) is 11.6 Å². The summed E-state index contributed by atoms with van der Waals surface area (Å²) in [6.45, 7) is 1.79. The third-order valence-electron chi connectivity index (χ3n) is 2.79. The molecule has 5 heteroatoms. The summed E-state index contributed by atoms with van der Waals surface area (Å²) in [6.07, 6.45) is 0. The number of carbonyl (C=O) groups is 1. The first-order valence-electron chi connectivity index (χ1n) is 4.89. The predicted molar refractivity (Wildman–Crippen MR) is 60.4 cm³/mol. The fourth-order valence-corrected chi connectivity index (χ4v) is 2.20. The molecule has 2 heterocycles. The van der Waals surface area contributed by atoms with Gasteiger partial charge in [-0.2, -0.15) is 10.2 Å². The van der Waals surface area contributed by atoms with Gasteiger partial charge in [0.05, 0.1) is 11.3 Å². The van der Waals surface area contributed by atoms with E-state index in [4.69, 9.17) is 11.6 Å². The monoisotopic (exact) mass is 233 g/mol. The molecule has 80 valence electrons. The molecule has 1 N–H and O–H groups in total. The number of hydrogen-bond acceptors (Lipinski definition) is 3. The molecular formula is C11H8ClN3O. The average Bonchev–Trinajstić information content (AvgIpc) is 2.63. The van der Waals surface area contributed by atoms with Crippen molar-refractivity contribution in [1.29, 1.82) is 0 Å². The van der Waals surface area contributed by atoms with Crippen LogP contribution in [0.3, 0.4) is 0 Å². The minimum atomic E-state index is -0.289. The molecular weight excluding hydrogens is 226 g/mol. The van der Waals surface area contributed by atoms with Crippen molar-refractivity contribution in [1.82, 2.24) is 0 Å².